The summed E-state index contributed by atoms with van der Waals surface area (Å²) in [5.74, 6) is 0.198. The van der Waals surface area contributed by atoms with Crippen molar-refractivity contribution in [1.29, 1.82) is 0 Å². The van der Waals surface area contributed by atoms with E-state index in [1.54, 1.807) is 24.3 Å². The number of rotatable bonds is 3. The average Bonchev–Trinajstić information content (AvgIpc) is 2.32. The van der Waals surface area contributed by atoms with Crippen molar-refractivity contribution in [3.05, 3.63) is 58.4 Å². The maximum atomic E-state index is 13.1. The summed E-state index contributed by atoms with van der Waals surface area (Å²) in [6, 6.07) is 9.65. The molecule has 2 aromatic rings. The maximum Gasteiger partial charge on any atom is 0.126 e. The summed E-state index contributed by atoms with van der Waals surface area (Å²) in [5.41, 5.74) is 8.08. The van der Waals surface area contributed by atoms with Crippen LogP contribution in [-0.2, 0) is 6.61 Å². The SMILES string of the molecule is Cc1ccc(F)cc1OCc1ccc(Cl)cc1N. The van der Waals surface area contributed by atoms with Crippen molar-refractivity contribution in [3.8, 4) is 5.75 Å². The van der Waals surface area contributed by atoms with Crippen molar-refractivity contribution in [1.82, 2.24) is 0 Å². The van der Waals surface area contributed by atoms with E-state index in [0.29, 0.717) is 16.5 Å². The van der Waals surface area contributed by atoms with Crippen LogP contribution in [0.15, 0.2) is 36.4 Å². The minimum absolute atomic E-state index is 0.285. The van der Waals surface area contributed by atoms with Gasteiger partial charge in [0.1, 0.15) is 18.2 Å². The van der Waals surface area contributed by atoms with Crippen LogP contribution < -0.4 is 10.5 Å². The quantitative estimate of drug-likeness (QED) is 0.853. The number of nitrogen functional groups attached to an aromatic ring is 1. The summed E-state index contributed by atoms with van der Waals surface area (Å²) >= 11 is 5.81. The van der Waals surface area contributed by atoms with Gasteiger partial charge in [0.05, 0.1) is 0 Å². The van der Waals surface area contributed by atoms with Gasteiger partial charge in [0, 0.05) is 22.3 Å². The lowest BCUT2D eigenvalue weighted by Crippen LogP contribution is -2.01. The number of hydrogen-bond donors (Lipinski definition) is 1. The van der Waals surface area contributed by atoms with Crippen LogP contribution >= 0.6 is 11.6 Å². The van der Waals surface area contributed by atoms with Crippen LogP contribution in [0.3, 0.4) is 0 Å². The third kappa shape index (κ3) is 2.93. The number of aryl methyl sites for hydroxylation is 1. The smallest absolute Gasteiger partial charge is 0.126 e. The number of halogens is 2. The van der Waals surface area contributed by atoms with Crippen LogP contribution in [0.25, 0.3) is 0 Å². The molecule has 0 spiro atoms. The van der Waals surface area contributed by atoms with Crippen molar-refractivity contribution in [2.24, 2.45) is 0 Å². The zero-order valence-electron chi connectivity index (χ0n) is 9.91. The highest BCUT2D eigenvalue weighted by Crippen LogP contribution is 2.23. The van der Waals surface area contributed by atoms with E-state index < -0.39 is 0 Å². The molecular weight excluding hydrogens is 253 g/mol. The fourth-order valence-electron chi connectivity index (χ4n) is 1.58. The van der Waals surface area contributed by atoms with Crippen molar-refractivity contribution >= 4 is 17.3 Å². The minimum Gasteiger partial charge on any atom is -0.488 e. The Hall–Kier alpha value is -1.74. The van der Waals surface area contributed by atoms with Gasteiger partial charge in [0.15, 0.2) is 0 Å². The standard InChI is InChI=1S/C14H13ClFNO/c1-9-2-5-12(16)7-14(9)18-8-10-3-4-11(15)6-13(10)17/h2-7H,8,17H2,1H3. The molecule has 2 nitrogen and oxygen atoms in total. The Morgan fingerprint density at radius 1 is 1.22 bits per heavy atom. The molecule has 0 fully saturated rings. The first-order valence-corrected chi connectivity index (χ1v) is 5.87. The lowest BCUT2D eigenvalue weighted by Gasteiger charge is -2.11. The zero-order valence-corrected chi connectivity index (χ0v) is 10.7. The molecule has 0 aliphatic carbocycles. The molecule has 94 valence electrons. The van der Waals surface area contributed by atoms with Gasteiger partial charge in [-0.25, -0.2) is 4.39 Å². The van der Waals surface area contributed by atoms with E-state index in [-0.39, 0.29) is 12.4 Å². The number of nitrogens with two attached hydrogens (primary N) is 1. The molecular formula is C14H13ClFNO. The maximum absolute atomic E-state index is 13.1. The molecule has 0 saturated carbocycles. The number of ether oxygens (including phenoxy) is 1. The molecule has 0 amide bonds. The van der Waals surface area contributed by atoms with Crippen LogP contribution in [0.1, 0.15) is 11.1 Å². The molecule has 0 bridgehead atoms. The fraction of sp³-hybridized carbons (Fsp3) is 0.143. The average molecular weight is 266 g/mol. The van der Waals surface area contributed by atoms with Gasteiger partial charge in [0.25, 0.3) is 0 Å². The molecule has 2 N–H and O–H groups in total. The second-order valence-electron chi connectivity index (χ2n) is 4.04. The van der Waals surface area contributed by atoms with E-state index in [4.69, 9.17) is 22.1 Å². The van der Waals surface area contributed by atoms with Gasteiger partial charge in [-0.15, -0.1) is 0 Å². The second kappa shape index (κ2) is 5.27. The molecule has 2 rings (SSSR count). The predicted octanol–water partition coefficient (Wildman–Crippen LogP) is 3.95. The monoisotopic (exact) mass is 265 g/mol. The van der Waals surface area contributed by atoms with Gasteiger partial charge in [-0.3, -0.25) is 0 Å². The molecule has 2 aromatic carbocycles. The Labute approximate surface area is 110 Å². The molecule has 0 atom stereocenters. The van der Waals surface area contributed by atoms with Gasteiger partial charge in [0.2, 0.25) is 0 Å². The topological polar surface area (TPSA) is 35.2 Å². The van der Waals surface area contributed by atoms with E-state index in [1.807, 2.05) is 6.92 Å². The van der Waals surface area contributed by atoms with Gasteiger partial charge < -0.3 is 10.5 Å². The molecule has 0 aliphatic heterocycles. The van der Waals surface area contributed by atoms with Gasteiger partial charge in [-0.1, -0.05) is 23.7 Å². The predicted molar refractivity (Wildman–Crippen MR) is 71.3 cm³/mol. The van der Waals surface area contributed by atoms with Gasteiger partial charge in [-0.05, 0) is 30.7 Å². The number of benzene rings is 2. The van der Waals surface area contributed by atoms with Crippen LogP contribution in [-0.4, -0.2) is 0 Å². The third-order valence-electron chi connectivity index (χ3n) is 2.64. The summed E-state index contributed by atoms with van der Waals surface area (Å²) in [7, 11) is 0. The summed E-state index contributed by atoms with van der Waals surface area (Å²) < 4.78 is 18.6. The molecule has 0 radical (unpaired) electrons. The molecule has 0 unspecified atom stereocenters. The Balaban J connectivity index is 2.13. The Morgan fingerprint density at radius 2 is 2.00 bits per heavy atom. The number of anilines is 1. The van der Waals surface area contributed by atoms with Crippen molar-refractivity contribution in [2.45, 2.75) is 13.5 Å². The van der Waals surface area contributed by atoms with Gasteiger partial charge in [-0.2, -0.15) is 0 Å². The second-order valence-corrected chi connectivity index (χ2v) is 4.48. The van der Waals surface area contributed by atoms with E-state index in [1.165, 1.54) is 12.1 Å². The highest BCUT2D eigenvalue weighted by molar-refractivity contribution is 6.30. The summed E-state index contributed by atoms with van der Waals surface area (Å²) in [4.78, 5) is 0. The summed E-state index contributed by atoms with van der Waals surface area (Å²) in [5, 5.41) is 0.582. The van der Waals surface area contributed by atoms with E-state index in [9.17, 15) is 4.39 Å². The van der Waals surface area contributed by atoms with E-state index >= 15 is 0 Å². The highest BCUT2D eigenvalue weighted by atomic mass is 35.5. The Bertz CT molecular complexity index is 572. The molecule has 18 heavy (non-hydrogen) atoms. The van der Waals surface area contributed by atoms with Crippen molar-refractivity contribution in [3.63, 3.8) is 0 Å². The molecule has 0 aliphatic rings. The fourth-order valence-corrected chi connectivity index (χ4v) is 1.76. The first kappa shape index (κ1) is 12.7. The molecule has 4 heteroatoms. The van der Waals surface area contributed by atoms with Crippen molar-refractivity contribution in [2.75, 3.05) is 5.73 Å². The van der Waals surface area contributed by atoms with Crippen LogP contribution in [0.4, 0.5) is 10.1 Å². The Kier molecular flexibility index (Phi) is 3.72. The summed E-state index contributed by atoms with van der Waals surface area (Å²) in [6.07, 6.45) is 0. The molecule has 0 heterocycles. The Morgan fingerprint density at radius 3 is 2.72 bits per heavy atom. The molecule has 0 saturated heterocycles. The lowest BCUT2D eigenvalue weighted by molar-refractivity contribution is 0.303. The lowest BCUT2D eigenvalue weighted by atomic mass is 10.2. The molecule has 0 aromatic heterocycles. The highest BCUT2D eigenvalue weighted by Gasteiger charge is 2.04. The summed E-state index contributed by atoms with van der Waals surface area (Å²) in [6.45, 7) is 2.15. The van der Waals surface area contributed by atoms with E-state index in [2.05, 4.69) is 0 Å². The largest absolute Gasteiger partial charge is 0.488 e. The number of hydrogen-bond acceptors (Lipinski definition) is 2. The van der Waals surface area contributed by atoms with Crippen LogP contribution in [0.5, 0.6) is 5.75 Å². The van der Waals surface area contributed by atoms with Gasteiger partial charge >= 0.3 is 0 Å². The van der Waals surface area contributed by atoms with Crippen LogP contribution in [0.2, 0.25) is 5.02 Å². The zero-order chi connectivity index (χ0) is 13.1. The third-order valence-corrected chi connectivity index (χ3v) is 2.88. The minimum atomic E-state index is -0.320. The van der Waals surface area contributed by atoms with Crippen molar-refractivity contribution < 1.29 is 9.13 Å². The van der Waals surface area contributed by atoms with E-state index in [0.717, 1.165) is 11.1 Å². The van der Waals surface area contributed by atoms with Crippen LogP contribution in [0, 0.1) is 12.7 Å². The normalized spacial score (nSPS) is 10.4. The first-order valence-electron chi connectivity index (χ1n) is 5.49. The first-order chi connectivity index (χ1) is 8.56.